The fourth-order valence-electron chi connectivity index (χ4n) is 3.51. The van der Waals surface area contributed by atoms with E-state index in [4.69, 9.17) is 9.47 Å². The molecule has 3 nitrogen and oxygen atoms in total. The summed E-state index contributed by atoms with van der Waals surface area (Å²) >= 11 is 0. The molecule has 18 heavy (non-hydrogen) atoms. The lowest BCUT2D eigenvalue weighted by Crippen LogP contribution is -2.52. The molecule has 1 N–H and O–H groups in total. The lowest BCUT2D eigenvalue weighted by molar-refractivity contribution is -0.0612. The minimum atomic E-state index is 0.355. The van der Waals surface area contributed by atoms with Gasteiger partial charge in [0.15, 0.2) is 0 Å². The molecule has 0 aromatic rings. The van der Waals surface area contributed by atoms with Crippen LogP contribution in [0.4, 0.5) is 0 Å². The monoisotopic (exact) mass is 255 g/mol. The average Bonchev–Trinajstić information content (AvgIpc) is 2.36. The second-order valence-electron chi connectivity index (χ2n) is 6.57. The van der Waals surface area contributed by atoms with Gasteiger partial charge >= 0.3 is 0 Å². The Morgan fingerprint density at radius 2 is 1.94 bits per heavy atom. The first-order valence-corrected chi connectivity index (χ1v) is 7.50. The van der Waals surface area contributed by atoms with Crippen molar-refractivity contribution in [2.75, 3.05) is 26.9 Å². The zero-order valence-corrected chi connectivity index (χ0v) is 12.2. The minimum absolute atomic E-state index is 0.355. The minimum Gasteiger partial charge on any atom is -0.381 e. The van der Waals surface area contributed by atoms with Crippen molar-refractivity contribution in [1.82, 2.24) is 5.32 Å². The van der Waals surface area contributed by atoms with Gasteiger partial charge in [0.05, 0.1) is 12.7 Å². The molecule has 1 heterocycles. The first-order valence-electron chi connectivity index (χ1n) is 7.50. The third kappa shape index (κ3) is 3.46. The van der Waals surface area contributed by atoms with Crippen LogP contribution in [0.3, 0.4) is 0 Å². The van der Waals surface area contributed by atoms with Gasteiger partial charge in [0, 0.05) is 19.3 Å². The molecule has 2 atom stereocenters. The van der Waals surface area contributed by atoms with Gasteiger partial charge in [-0.3, -0.25) is 0 Å². The largest absolute Gasteiger partial charge is 0.381 e. The molecule has 0 aromatic carbocycles. The third-order valence-corrected chi connectivity index (χ3v) is 4.72. The molecule has 1 saturated heterocycles. The lowest BCUT2D eigenvalue weighted by atomic mass is 9.72. The van der Waals surface area contributed by atoms with Crippen molar-refractivity contribution in [1.29, 1.82) is 0 Å². The molecule has 0 spiro atoms. The number of ether oxygens (including phenoxy) is 2. The molecule has 0 bridgehead atoms. The fourth-order valence-corrected chi connectivity index (χ4v) is 3.51. The van der Waals surface area contributed by atoms with E-state index in [1.165, 1.54) is 32.1 Å². The normalized spacial score (nSPS) is 33.5. The molecule has 1 aliphatic carbocycles. The summed E-state index contributed by atoms with van der Waals surface area (Å²) < 4.78 is 11.6. The lowest BCUT2D eigenvalue weighted by Gasteiger charge is -2.44. The Labute approximate surface area is 112 Å². The average molecular weight is 255 g/mol. The van der Waals surface area contributed by atoms with E-state index in [0.29, 0.717) is 23.5 Å². The van der Waals surface area contributed by atoms with Crippen molar-refractivity contribution >= 4 is 0 Å². The summed E-state index contributed by atoms with van der Waals surface area (Å²) in [4.78, 5) is 0. The van der Waals surface area contributed by atoms with Crippen LogP contribution in [0.1, 0.15) is 46.0 Å². The summed E-state index contributed by atoms with van der Waals surface area (Å²) in [6.07, 6.45) is 6.53. The Balaban J connectivity index is 1.83. The van der Waals surface area contributed by atoms with Crippen LogP contribution in [0.25, 0.3) is 0 Å². The van der Waals surface area contributed by atoms with E-state index in [-0.39, 0.29) is 0 Å². The quantitative estimate of drug-likeness (QED) is 0.837. The van der Waals surface area contributed by atoms with Crippen LogP contribution in [0, 0.1) is 11.3 Å². The third-order valence-electron chi connectivity index (χ3n) is 4.72. The highest BCUT2D eigenvalue weighted by atomic mass is 16.5. The van der Waals surface area contributed by atoms with Gasteiger partial charge in [-0.05, 0) is 44.1 Å². The Hall–Kier alpha value is -0.120. The predicted molar refractivity (Wildman–Crippen MR) is 73.8 cm³/mol. The van der Waals surface area contributed by atoms with Gasteiger partial charge in [0.25, 0.3) is 0 Å². The molecular formula is C15H29NO2. The van der Waals surface area contributed by atoms with Gasteiger partial charge in [0.2, 0.25) is 0 Å². The van der Waals surface area contributed by atoms with Crippen LogP contribution in [-0.2, 0) is 9.47 Å². The van der Waals surface area contributed by atoms with Gasteiger partial charge in [-0.15, -0.1) is 0 Å². The van der Waals surface area contributed by atoms with Crippen LogP contribution in [0.15, 0.2) is 0 Å². The smallest absolute Gasteiger partial charge is 0.0733 e. The van der Waals surface area contributed by atoms with E-state index in [0.717, 1.165) is 19.8 Å². The molecule has 0 amide bonds. The summed E-state index contributed by atoms with van der Waals surface area (Å²) in [6.45, 7) is 7.47. The van der Waals surface area contributed by atoms with E-state index in [1.807, 2.05) is 0 Å². The Morgan fingerprint density at radius 1 is 1.22 bits per heavy atom. The molecule has 1 aliphatic heterocycles. The summed E-state index contributed by atoms with van der Waals surface area (Å²) in [6, 6.07) is 0.492. The fraction of sp³-hybridized carbons (Fsp3) is 1.00. The van der Waals surface area contributed by atoms with E-state index in [2.05, 4.69) is 26.2 Å². The van der Waals surface area contributed by atoms with Crippen molar-refractivity contribution in [3.8, 4) is 0 Å². The maximum Gasteiger partial charge on any atom is 0.0733 e. The molecule has 3 heteroatoms. The summed E-state index contributed by atoms with van der Waals surface area (Å²) in [5, 5.41) is 3.48. The maximum absolute atomic E-state index is 6.24. The van der Waals surface area contributed by atoms with E-state index < -0.39 is 0 Å². The van der Waals surface area contributed by atoms with Crippen LogP contribution in [0.5, 0.6) is 0 Å². The standard InChI is InChI=1S/C15H29NO2/c1-15(2)8-4-5-13(14(15)16-3)18-11-12-6-9-17-10-7-12/h12-14,16H,4-11H2,1-3H3. The number of nitrogens with one attached hydrogen (secondary N) is 1. The number of hydrogen-bond donors (Lipinski definition) is 1. The van der Waals surface area contributed by atoms with Gasteiger partial charge < -0.3 is 14.8 Å². The van der Waals surface area contributed by atoms with Gasteiger partial charge in [0.1, 0.15) is 0 Å². The summed E-state index contributed by atoms with van der Waals surface area (Å²) in [7, 11) is 2.07. The highest BCUT2D eigenvalue weighted by molar-refractivity contribution is 4.93. The molecule has 0 aromatic heterocycles. The maximum atomic E-state index is 6.24. The topological polar surface area (TPSA) is 30.5 Å². The van der Waals surface area contributed by atoms with Crippen molar-refractivity contribution in [2.45, 2.75) is 58.1 Å². The van der Waals surface area contributed by atoms with Crippen molar-refractivity contribution in [3.05, 3.63) is 0 Å². The predicted octanol–water partition coefficient (Wildman–Crippen LogP) is 2.60. The number of rotatable bonds is 4. The molecule has 106 valence electrons. The number of hydrogen-bond acceptors (Lipinski definition) is 3. The van der Waals surface area contributed by atoms with E-state index in [9.17, 15) is 0 Å². The highest BCUT2D eigenvalue weighted by Gasteiger charge is 2.38. The molecule has 2 unspecified atom stereocenters. The van der Waals surface area contributed by atoms with E-state index in [1.54, 1.807) is 0 Å². The zero-order valence-electron chi connectivity index (χ0n) is 12.2. The molecular weight excluding hydrogens is 226 g/mol. The molecule has 0 radical (unpaired) electrons. The van der Waals surface area contributed by atoms with Crippen LogP contribution in [0.2, 0.25) is 0 Å². The number of likely N-dealkylation sites (N-methyl/N-ethyl adjacent to an activating group) is 1. The van der Waals surface area contributed by atoms with Crippen LogP contribution in [-0.4, -0.2) is 39.0 Å². The summed E-state index contributed by atoms with van der Waals surface area (Å²) in [5.74, 6) is 0.710. The van der Waals surface area contributed by atoms with Crippen molar-refractivity contribution in [3.63, 3.8) is 0 Å². The molecule has 2 fully saturated rings. The zero-order chi connectivity index (χ0) is 13.0. The summed E-state index contributed by atoms with van der Waals surface area (Å²) in [5.41, 5.74) is 0.355. The first-order chi connectivity index (χ1) is 8.63. The Bertz CT molecular complexity index is 249. The van der Waals surface area contributed by atoms with Crippen LogP contribution < -0.4 is 5.32 Å². The molecule has 2 rings (SSSR count). The Kier molecular flexibility index (Phi) is 5.05. The first kappa shape index (κ1) is 14.3. The Morgan fingerprint density at radius 3 is 2.61 bits per heavy atom. The molecule has 2 aliphatic rings. The molecule has 1 saturated carbocycles. The van der Waals surface area contributed by atoms with Gasteiger partial charge in [-0.25, -0.2) is 0 Å². The van der Waals surface area contributed by atoms with E-state index >= 15 is 0 Å². The second-order valence-corrected chi connectivity index (χ2v) is 6.57. The van der Waals surface area contributed by atoms with Gasteiger partial charge in [-0.2, -0.15) is 0 Å². The van der Waals surface area contributed by atoms with Crippen molar-refractivity contribution in [2.24, 2.45) is 11.3 Å². The SMILES string of the molecule is CNC1C(OCC2CCOCC2)CCCC1(C)C. The highest BCUT2D eigenvalue weighted by Crippen LogP contribution is 2.37. The van der Waals surface area contributed by atoms with Crippen LogP contribution >= 0.6 is 0 Å². The van der Waals surface area contributed by atoms with Gasteiger partial charge in [-0.1, -0.05) is 20.3 Å². The second kappa shape index (κ2) is 6.36. The van der Waals surface area contributed by atoms with Crippen molar-refractivity contribution < 1.29 is 9.47 Å².